The van der Waals surface area contributed by atoms with E-state index in [0.29, 0.717) is 39.0 Å². The number of hydrogen-bond donors (Lipinski definition) is 3. The SMILES string of the molecule is CC[C@@]1(O)C(=O)OCc2c1cc1n(c2=O)Cc2c-1nc1cc(F)c(C)cc1c2[C@H](C)NC(=O)CCO. The summed E-state index contributed by atoms with van der Waals surface area (Å²) in [4.78, 5) is 42.9. The van der Waals surface area contributed by atoms with E-state index in [1.54, 1.807) is 32.9 Å². The van der Waals surface area contributed by atoms with Crippen molar-refractivity contribution in [2.75, 3.05) is 6.61 Å². The van der Waals surface area contributed by atoms with Gasteiger partial charge in [0, 0.05) is 29.0 Å². The van der Waals surface area contributed by atoms with Crippen molar-refractivity contribution in [1.29, 1.82) is 0 Å². The van der Waals surface area contributed by atoms with Crippen molar-refractivity contribution in [2.45, 2.75) is 58.4 Å². The molecule has 0 saturated carbocycles. The van der Waals surface area contributed by atoms with Crippen LogP contribution in [0.25, 0.3) is 22.3 Å². The molecule has 3 aromatic rings. The molecule has 10 heteroatoms. The number of carbonyl (C=O) groups is 2. The van der Waals surface area contributed by atoms with Crippen LogP contribution in [-0.4, -0.2) is 38.2 Å². The van der Waals surface area contributed by atoms with Crippen molar-refractivity contribution in [3.63, 3.8) is 0 Å². The van der Waals surface area contributed by atoms with Crippen molar-refractivity contribution >= 4 is 22.8 Å². The van der Waals surface area contributed by atoms with Gasteiger partial charge in [0.2, 0.25) is 5.91 Å². The van der Waals surface area contributed by atoms with E-state index in [9.17, 15) is 23.9 Å². The molecule has 0 radical (unpaired) electrons. The molecule has 2 atom stereocenters. The zero-order valence-electron chi connectivity index (χ0n) is 20.1. The maximum absolute atomic E-state index is 14.5. The van der Waals surface area contributed by atoms with Gasteiger partial charge in [0.15, 0.2) is 5.60 Å². The van der Waals surface area contributed by atoms with E-state index in [0.717, 1.165) is 0 Å². The number of pyridine rings is 2. The Hall–Kier alpha value is -3.63. The summed E-state index contributed by atoms with van der Waals surface area (Å²) >= 11 is 0. The first kappa shape index (κ1) is 24.1. The Balaban J connectivity index is 1.78. The van der Waals surface area contributed by atoms with Crippen molar-refractivity contribution in [3.05, 3.63) is 62.2 Å². The molecule has 0 aliphatic carbocycles. The molecule has 0 spiro atoms. The highest BCUT2D eigenvalue weighted by molar-refractivity contribution is 5.90. The number of nitrogens with one attached hydrogen (secondary N) is 1. The van der Waals surface area contributed by atoms with Gasteiger partial charge in [-0.3, -0.25) is 9.59 Å². The van der Waals surface area contributed by atoms with Crippen molar-refractivity contribution in [3.8, 4) is 11.4 Å². The number of aliphatic hydroxyl groups excluding tert-OH is 1. The fourth-order valence-electron chi connectivity index (χ4n) is 5.22. The third-order valence-corrected chi connectivity index (χ3v) is 7.16. The lowest BCUT2D eigenvalue weighted by Gasteiger charge is -2.31. The summed E-state index contributed by atoms with van der Waals surface area (Å²) in [5.74, 6) is -1.61. The van der Waals surface area contributed by atoms with E-state index >= 15 is 0 Å². The first-order valence-electron chi connectivity index (χ1n) is 11.8. The lowest BCUT2D eigenvalue weighted by molar-refractivity contribution is -0.172. The smallest absolute Gasteiger partial charge is 0.343 e. The number of fused-ring (bicyclic) bond motifs is 5. The molecular formula is C26H26FN3O6. The summed E-state index contributed by atoms with van der Waals surface area (Å²) in [5.41, 5.74) is 0.954. The first-order valence-corrected chi connectivity index (χ1v) is 11.8. The van der Waals surface area contributed by atoms with Gasteiger partial charge in [-0.15, -0.1) is 0 Å². The Morgan fingerprint density at radius 1 is 1.31 bits per heavy atom. The van der Waals surface area contributed by atoms with Crippen LogP contribution >= 0.6 is 0 Å². The van der Waals surface area contributed by atoms with Crippen LogP contribution in [0.5, 0.6) is 0 Å². The summed E-state index contributed by atoms with van der Waals surface area (Å²) in [5, 5.41) is 23.7. The fraction of sp³-hybridized carbons (Fsp3) is 0.385. The number of amides is 1. The second-order valence-electron chi connectivity index (χ2n) is 9.34. The van der Waals surface area contributed by atoms with E-state index in [1.807, 2.05) is 0 Å². The Kier molecular flexibility index (Phi) is 5.68. The lowest BCUT2D eigenvalue weighted by atomic mass is 9.86. The number of benzene rings is 1. The standard InChI is InChI=1S/C26H26FN3O6/c1-4-26(35)17-8-20-23-15(10-30(20)24(33)16(17)11-36-25(26)34)22(13(3)28-21(32)5-6-31)14-7-12(2)18(27)9-19(14)29-23/h7-9,13,31,35H,4-6,10-11H2,1-3H3,(H,28,32)/t13-,26-/m0/s1. The fourth-order valence-corrected chi connectivity index (χ4v) is 5.22. The number of carbonyl (C=O) groups excluding carboxylic acids is 2. The maximum atomic E-state index is 14.5. The van der Waals surface area contributed by atoms with E-state index < -0.39 is 29.0 Å². The van der Waals surface area contributed by atoms with Crippen LogP contribution in [0.15, 0.2) is 23.0 Å². The normalized spacial score (nSPS) is 18.9. The van der Waals surface area contributed by atoms with Crippen LogP contribution in [0.4, 0.5) is 4.39 Å². The molecule has 9 nitrogen and oxygen atoms in total. The van der Waals surface area contributed by atoms with E-state index in [2.05, 4.69) is 10.3 Å². The number of cyclic esters (lactones) is 1. The monoisotopic (exact) mass is 495 g/mol. The molecule has 0 saturated heterocycles. The van der Waals surface area contributed by atoms with Crippen molar-refractivity contribution in [1.82, 2.24) is 14.9 Å². The van der Waals surface area contributed by atoms with Gasteiger partial charge in [-0.1, -0.05) is 6.92 Å². The lowest BCUT2D eigenvalue weighted by Crippen LogP contribution is -2.44. The number of aliphatic hydroxyl groups is 2. The first-order chi connectivity index (χ1) is 17.1. The quantitative estimate of drug-likeness (QED) is 0.362. The number of esters is 1. The van der Waals surface area contributed by atoms with E-state index in [1.165, 1.54) is 10.6 Å². The number of ether oxygens (including phenoxy) is 1. The molecule has 0 fully saturated rings. The highest BCUT2D eigenvalue weighted by Gasteiger charge is 2.45. The molecule has 2 aromatic heterocycles. The van der Waals surface area contributed by atoms with Gasteiger partial charge in [0.05, 0.1) is 41.7 Å². The van der Waals surface area contributed by atoms with Gasteiger partial charge in [0.1, 0.15) is 12.4 Å². The third-order valence-electron chi connectivity index (χ3n) is 7.16. The Bertz CT molecular complexity index is 1510. The number of rotatable bonds is 5. The van der Waals surface area contributed by atoms with Crippen LogP contribution < -0.4 is 10.9 Å². The van der Waals surface area contributed by atoms with Crippen molar-refractivity contribution < 1.29 is 28.9 Å². The number of nitrogens with zero attached hydrogens (tertiary/aromatic N) is 2. The van der Waals surface area contributed by atoms with Gasteiger partial charge in [0.25, 0.3) is 5.56 Å². The van der Waals surface area contributed by atoms with Gasteiger partial charge in [-0.25, -0.2) is 14.2 Å². The Labute approximate surface area is 205 Å². The molecule has 5 rings (SSSR count). The molecule has 4 heterocycles. The molecule has 1 aromatic carbocycles. The van der Waals surface area contributed by atoms with E-state index in [4.69, 9.17) is 9.84 Å². The Morgan fingerprint density at radius 2 is 2.06 bits per heavy atom. The molecule has 2 aliphatic rings. The Morgan fingerprint density at radius 3 is 2.75 bits per heavy atom. The van der Waals surface area contributed by atoms with Crippen molar-refractivity contribution in [2.24, 2.45) is 0 Å². The second kappa shape index (κ2) is 8.49. The highest BCUT2D eigenvalue weighted by atomic mass is 19.1. The average molecular weight is 496 g/mol. The number of hydrogen-bond acceptors (Lipinski definition) is 7. The largest absolute Gasteiger partial charge is 0.458 e. The van der Waals surface area contributed by atoms with Gasteiger partial charge < -0.3 is 24.8 Å². The highest BCUT2D eigenvalue weighted by Crippen LogP contribution is 2.42. The molecule has 188 valence electrons. The number of aromatic nitrogens is 2. The molecule has 1 amide bonds. The van der Waals surface area contributed by atoms with Gasteiger partial charge >= 0.3 is 5.97 Å². The predicted molar refractivity (Wildman–Crippen MR) is 127 cm³/mol. The maximum Gasteiger partial charge on any atom is 0.343 e. The topological polar surface area (TPSA) is 131 Å². The van der Waals surface area contributed by atoms with Crippen LogP contribution in [0.3, 0.4) is 0 Å². The van der Waals surface area contributed by atoms with Crippen LogP contribution in [0.1, 0.15) is 60.5 Å². The number of halogens is 1. The zero-order chi connectivity index (χ0) is 25.9. The van der Waals surface area contributed by atoms with Crippen LogP contribution in [-0.2, 0) is 33.1 Å². The van der Waals surface area contributed by atoms with Gasteiger partial charge in [-0.05, 0) is 43.5 Å². The van der Waals surface area contributed by atoms with Crippen LogP contribution in [0, 0.1) is 12.7 Å². The molecular weight excluding hydrogens is 469 g/mol. The summed E-state index contributed by atoms with van der Waals surface area (Å²) in [7, 11) is 0. The van der Waals surface area contributed by atoms with Crippen LogP contribution in [0.2, 0.25) is 0 Å². The molecule has 36 heavy (non-hydrogen) atoms. The minimum atomic E-state index is -1.96. The van der Waals surface area contributed by atoms with E-state index in [-0.39, 0.29) is 49.6 Å². The summed E-state index contributed by atoms with van der Waals surface area (Å²) in [6, 6.07) is 4.04. The minimum Gasteiger partial charge on any atom is -0.458 e. The summed E-state index contributed by atoms with van der Waals surface area (Å²) < 4.78 is 21.2. The number of aryl methyl sites for hydroxylation is 1. The molecule has 0 bridgehead atoms. The average Bonchev–Trinajstić information content (AvgIpc) is 3.19. The van der Waals surface area contributed by atoms with Gasteiger partial charge in [-0.2, -0.15) is 0 Å². The third kappa shape index (κ3) is 3.43. The molecule has 2 aliphatic heterocycles. The molecule has 3 N–H and O–H groups in total. The summed E-state index contributed by atoms with van der Waals surface area (Å²) in [6.45, 7) is 4.64. The predicted octanol–water partition coefficient (Wildman–Crippen LogP) is 2.09. The zero-order valence-corrected chi connectivity index (χ0v) is 20.1. The minimum absolute atomic E-state index is 0.0173. The second-order valence-corrected chi connectivity index (χ2v) is 9.34. The summed E-state index contributed by atoms with van der Waals surface area (Å²) in [6.07, 6.45) is -0.0529. The molecule has 0 unspecified atom stereocenters.